The van der Waals surface area contributed by atoms with E-state index in [9.17, 15) is 5.11 Å². The van der Waals surface area contributed by atoms with Gasteiger partial charge in [0.25, 0.3) is 0 Å². The Morgan fingerprint density at radius 2 is 1.39 bits per heavy atom. The Kier molecular flexibility index (Phi) is 4.45. The van der Waals surface area contributed by atoms with Crippen molar-refractivity contribution in [3.8, 4) is 0 Å². The molecule has 0 radical (unpaired) electrons. The summed E-state index contributed by atoms with van der Waals surface area (Å²) >= 11 is 0. The normalized spacial score (nSPS) is 24.3. The van der Waals surface area contributed by atoms with Gasteiger partial charge >= 0.3 is 0 Å². The summed E-state index contributed by atoms with van der Waals surface area (Å²) in [5.74, 6) is 0. The molecule has 1 saturated heterocycles. The number of hydrogen-bond donors (Lipinski definition) is 1. The van der Waals surface area contributed by atoms with Crippen LogP contribution in [0.25, 0.3) is 0 Å². The molecule has 1 aliphatic rings. The molecule has 3 atom stereocenters. The van der Waals surface area contributed by atoms with Crippen molar-refractivity contribution in [2.45, 2.75) is 57.7 Å². The van der Waals surface area contributed by atoms with Crippen LogP contribution in [0.2, 0.25) is 0 Å². The van der Waals surface area contributed by atoms with Crippen molar-refractivity contribution in [2.75, 3.05) is 4.90 Å². The van der Waals surface area contributed by atoms with E-state index in [-0.39, 0.29) is 0 Å². The highest BCUT2D eigenvalue weighted by Crippen LogP contribution is 2.33. The van der Waals surface area contributed by atoms with Crippen molar-refractivity contribution >= 4 is 5.69 Å². The lowest BCUT2D eigenvalue weighted by molar-refractivity contribution is 0.102. The third kappa shape index (κ3) is 3.13. The Bertz CT molecular complexity index is 623. The molecule has 23 heavy (non-hydrogen) atoms. The summed E-state index contributed by atoms with van der Waals surface area (Å²) in [5, 5.41) is 10.9. The van der Waals surface area contributed by atoms with Crippen molar-refractivity contribution in [1.82, 2.24) is 0 Å². The van der Waals surface area contributed by atoms with Gasteiger partial charge in [0.2, 0.25) is 0 Å². The zero-order valence-electron chi connectivity index (χ0n) is 14.4. The van der Waals surface area contributed by atoms with Crippen LogP contribution in [-0.4, -0.2) is 17.2 Å². The molecule has 2 aromatic rings. The van der Waals surface area contributed by atoms with Crippen molar-refractivity contribution < 1.29 is 5.11 Å². The van der Waals surface area contributed by atoms with Crippen molar-refractivity contribution in [2.24, 2.45) is 0 Å². The lowest BCUT2D eigenvalue weighted by atomic mass is 9.88. The maximum atomic E-state index is 10.9. The van der Waals surface area contributed by atoms with Gasteiger partial charge in [0.05, 0.1) is 0 Å². The summed E-state index contributed by atoms with van der Waals surface area (Å²) in [5.41, 5.74) is 2.16. The van der Waals surface area contributed by atoms with E-state index < -0.39 is 5.60 Å². The summed E-state index contributed by atoms with van der Waals surface area (Å²) in [4.78, 5) is 2.52. The third-order valence-corrected chi connectivity index (χ3v) is 5.26. The zero-order valence-corrected chi connectivity index (χ0v) is 14.4. The van der Waals surface area contributed by atoms with Crippen LogP contribution in [0.5, 0.6) is 0 Å². The van der Waals surface area contributed by atoms with Gasteiger partial charge in [-0.25, -0.2) is 0 Å². The van der Waals surface area contributed by atoms with Crippen LogP contribution >= 0.6 is 0 Å². The van der Waals surface area contributed by atoms with Crippen molar-refractivity contribution in [3.05, 3.63) is 65.7 Å². The van der Waals surface area contributed by atoms with Gasteiger partial charge in [0.15, 0.2) is 0 Å². The standard InChI is InChI=1S/C21H27NO/c1-16-8-7-9-17(2)22(16)20-14-12-19(13-15-20)21(3,23)18-10-5-4-6-11-18/h4-6,10-17,23H,7-9H2,1-3H3. The molecule has 0 bridgehead atoms. The first-order valence-corrected chi connectivity index (χ1v) is 8.67. The van der Waals surface area contributed by atoms with Crippen LogP contribution in [0.3, 0.4) is 0 Å². The largest absolute Gasteiger partial charge is 0.381 e. The second-order valence-electron chi connectivity index (χ2n) is 7.02. The molecule has 1 fully saturated rings. The number of rotatable bonds is 3. The zero-order chi connectivity index (χ0) is 16.4. The van der Waals surface area contributed by atoms with Crippen LogP contribution in [0.1, 0.15) is 51.2 Å². The molecule has 1 heterocycles. The molecule has 1 N–H and O–H groups in total. The van der Waals surface area contributed by atoms with Gasteiger partial charge in [-0.3, -0.25) is 0 Å². The fourth-order valence-corrected chi connectivity index (χ4v) is 3.82. The minimum Gasteiger partial charge on any atom is -0.381 e. The Morgan fingerprint density at radius 3 is 1.96 bits per heavy atom. The quantitative estimate of drug-likeness (QED) is 0.887. The number of hydrogen-bond acceptors (Lipinski definition) is 2. The average Bonchev–Trinajstić information content (AvgIpc) is 2.56. The molecule has 2 aromatic carbocycles. The first-order chi connectivity index (χ1) is 11.0. The molecular formula is C21H27NO. The van der Waals surface area contributed by atoms with E-state index in [4.69, 9.17) is 0 Å². The van der Waals surface area contributed by atoms with Gasteiger partial charge in [0, 0.05) is 17.8 Å². The second kappa shape index (κ2) is 6.37. The average molecular weight is 309 g/mol. The van der Waals surface area contributed by atoms with Crippen molar-refractivity contribution in [3.63, 3.8) is 0 Å². The lowest BCUT2D eigenvalue weighted by Gasteiger charge is -2.41. The third-order valence-electron chi connectivity index (χ3n) is 5.26. The van der Waals surface area contributed by atoms with E-state index in [1.165, 1.54) is 24.9 Å². The first kappa shape index (κ1) is 16.1. The van der Waals surface area contributed by atoms with E-state index in [1.54, 1.807) is 0 Å². The Morgan fingerprint density at radius 1 is 0.870 bits per heavy atom. The van der Waals surface area contributed by atoms with Crippen LogP contribution in [0, 0.1) is 0 Å². The minimum atomic E-state index is -0.959. The topological polar surface area (TPSA) is 23.5 Å². The second-order valence-corrected chi connectivity index (χ2v) is 7.02. The lowest BCUT2D eigenvalue weighted by Crippen LogP contribution is -2.43. The van der Waals surface area contributed by atoms with E-state index in [1.807, 2.05) is 37.3 Å². The molecule has 1 aliphatic heterocycles. The molecule has 0 spiro atoms. The summed E-state index contributed by atoms with van der Waals surface area (Å²) in [7, 11) is 0. The van der Waals surface area contributed by atoms with Gasteiger partial charge in [-0.1, -0.05) is 42.5 Å². The SMILES string of the molecule is CC1CCCC(C)N1c1ccc(C(C)(O)c2ccccc2)cc1. The number of anilines is 1. The number of piperidine rings is 1. The van der Waals surface area contributed by atoms with Gasteiger partial charge < -0.3 is 10.0 Å². The summed E-state index contributed by atoms with van der Waals surface area (Å²) < 4.78 is 0. The molecule has 2 nitrogen and oxygen atoms in total. The fourth-order valence-electron chi connectivity index (χ4n) is 3.82. The summed E-state index contributed by atoms with van der Waals surface area (Å²) in [6, 6.07) is 19.5. The fraction of sp³-hybridized carbons (Fsp3) is 0.429. The maximum absolute atomic E-state index is 10.9. The van der Waals surface area contributed by atoms with Crippen LogP contribution in [0.4, 0.5) is 5.69 Å². The number of nitrogens with zero attached hydrogens (tertiary/aromatic N) is 1. The Labute approximate surface area is 139 Å². The predicted molar refractivity (Wildman–Crippen MR) is 96.8 cm³/mol. The molecule has 3 unspecified atom stereocenters. The highest BCUT2D eigenvalue weighted by molar-refractivity contribution is 5.51. The van der Waals surface area contributed by atoms with E-state index in [2.05, 4.69) is 43.0 Å². The number of aliphatic hydroxyl groups is 1. The molecule has 2 heteroatoms. The Balaban J connectivity index is 1.87. The molecular weight excluding hydrogens is 282 g/mol. The van der Waals surface area contributed by atoms with Gasteiger partial charge in [0.1, 0.15) is 5.60 Å². The molecule has 3 rings (SSSR count). The molecule has 0 amide bonds. The van der Waals surface area contributed by atoms with E-state index in [0.29, 0.717) is 12.1 Å². The van der Waals surface area contributed by atoms with Crippen LogP contribution in [0.15, 0.2) is 54.6 Å². The molecule has 0 aliphatic carbocycles. The monoisotopic (exact) mass is 309 g/mol. The smallest absolute Gasteiger partial charge is 0.112 e. The predicted octanol–water partition coefficient (Wildman–Crippen LogP) is 4.71. The van der Waals surface area contributed by atoms with Gasteiger partial charge in [-0.05, 0) is 63.3 Å². The van der Waals surface area contributed by atoms with Crippen LogP contribution < -0.4 is 4.90 Å². The van der Waals surface area contributed by atoms with Gasteiger partial charge in [-0.2, -0.15) is 0 Å². The first-order valence-electron chi connectivity index (χ1n) is 8.67. The Hall–Kier alpha value is -1.80. The maximum Gasteiger partial charge on any atom is 0.112 e. The molecule has 0 aromatic heterocycles. The van der Waals surface area contributed by atoms with Crippen molar-refractivity contribution in [1.29, 1.82) is 0 Å². The summed E-state index contributed by atoms with van der Waals surface area (Å²) in [6.45, 7) is 6.48. The molecule has 0 saturated carbocycles. The highest BCUT2D eigenvalue weighted by atomic mass is 16.3. The van der Waals surface area contributed by atoms with E-state index in [0.717, 1.165) is 11.1 Å². The summed E-state index contributed by atoms with van der Waals surface area (Å²) in [6.07, 6.45) is 3.83. The van der Waals surface area contributed by atoms with Gasteiger partial charge in [-0.15, -0.1) is 0 Å². The highest BCUT2D eigenvalue weighted by Gasteiger charge is 2.27. The minimum absolute atomic E-state index is 0.583. The van der Waals surface area contributed by atoms with Crippen LogP contribution in [-0.2, 0) is 5.60 Å². The number of benzene rings is 2. The van der Waals surface area contributed by atoms with E-state index >= 15 is 0 Å². The molecule has 122 valence electrons.